The first kappa shape index (κ1) is 13.1. The fourth-order valence-corrected chi connectivity index (χ4v) is 1.29. The SMILES string of the molecule is FC(F)(F)OCCNc1cccc(CCl)c1. The van der Waals surface area contributed by atoms with Gasteiger partial charge in [-0.2, -0.15) is 0 Å². The summed E-state index contributed by atoms with van der Waals surface area (Å²) in [6, 6.07) is 7.15. The summed E-state index contributed by atoms with van der Waals surface area (Å²) in [6.45, 7) is -0.333. The summed E-state index contributed by atoms with van der Waals surface area (Å²) in [6.07, 6.45) is -4.57. The Balaban J connectivity index is 2.32. The van der Waals surface area contributed by atoms with E-state index in [4.69, 9.17) is 11.6 Å². The maximum Gasteiger partial charge on any atom is 0.522 e. The summed E-state index contributed by atoms with van der Waals surface area (Å²) in [7, 11) is 0. The number of anilines is 1. The van der Waals surface area contributed by atoms with E-state index in [9.17, 15) is 13.2 Å². The zero-order valence-electron chi connectivity index (χ0n) is 8.35. The maximum absolute atomic E-state index is 11.6. The highest BCUT2D eigenvalue weighted by molar-refractivity contribution is 6.17. The Labute approximate surface area is 96.4 Å². The fraction of sp³-hybridized carbons (Fsp3) is 0.400. The zero-order chi connectivity index (χ0) is 12.0. The van der Waals surface area contributed by atoms with Crippen molar-refractivity contribution in [2.24, 2.45) is 0 Å². The summed E-state index contributed by atoms with van der Waals surface area (Å²) in [5, 5.41) is 2.81. The van der Waals surface area contributed by atoms with Crippen LogP contribution in [-0.2, 0) is 10.6 Å². The van der Waals surface area contributed by atoms with Crippen LogP contribution >= 0.6 is 11.6 Å². The minimum atomic E-state index is -4.57. The first-order valence-corrected chi connectivity index (χ1v) is 5.14. The molecule has 0 spiro atoms. The Bertz CT molecular complexity index is 330. The van der Waals surface area contributed by atoms with Gasteiger partial charge < -0.3 is 5.32 Å². The quantitative estimate of drug-likeness (QED) is 0.642. The average Bonchev–Trinajstić information content (AvgIpc) is 2.23. The highest BCUT2D eigenvalue weighted by Crippen LogP contribution is 2.16. The summed E-state index contributed by atoms with van der Waals surface area (Å²) >= 11 is 5.62. The van der Waals surface area contributed by atoms with E-state index in [0.29, 0.717) is 5.88 Å². The van der Waals surface area contributed by atoms with Crippen LogP contribution in [0, 0.1) is 0 Å². The van der Waals surface area contributed by atoms with Crippen LogP contribution in [0.5, 0.6) is 0 Å². The summed E-state index contributed by atoms with van der Waals surface area (Å²) < 4.78 is 38.5. The monoisotopic (exact) mass is 253 g/mol. The van der Waals surface area contributed by atoms with E-state index < -0.39 is 13.0 Å². The lowest BCUT2D eigenvalue weighted by molar-refractivity contribution is -0.322. The predicted molar refractivity (Wildman–Crippen MR) is 56.5 cm³/mol. The van der Waals surface area contributed by atoms with Crippen LogP contribution in [0.15, 0.2) is 24.3 Å². The van der Waals surface area contributed by atoms with Crippen molar-refractivity contribution in [3.63, 3.8) is 0 Å². The first-order chi connectivity index (χ1) is 7.51. The lowest BCUT2D eigenvalue weighted by Gasteiger charge is -2.09. The van der Waals surface area contributed by atoms with Crippen LogP contribution in [0.3, 0.4) is 0 Å². The second-order valence-corrected chi connectivity index (χ2v) is 3.32. The van der Waals surface area contributed by atoms with Crippen LogP contribution in [0.25, 0.3) is 0 Å². The molecule has 16 heavy (non-hydrogen) atoms. The molecule has 0 saturated heterocycles. The number of benzene rings is 1. The molecule has 0 aliphatic rings. The smallest absolute Gasteiger partial charge is 0.383 e. The van der Waals surface area contributed by atoms with Gasteiger partial charge in [0.25, 0.3) is 0 Å². The van der Waals surface area contributed by atoms with Crippen LogP contribution in [0.2, 0.25) is 0 Å². The second kappa shape index (κ2) is 5.96. The van der Waals surface area contributed by atoms with Crippen LogP contribution in [0.4, 0.5) is 18.9 Å². The standard InChI is InChI=1S/C10H11ClF3NO/c11-7-8-2-1-3-9(6-8)15-4-5-16-10(12,13)14/h1-3,6,15H,4-5,7H2. The third kappa shape index (κ3) is 5.23. The molecule has 0 amide bonds. The fourth-order valence-electron chi connectivity index (χ4n) is 1.13. The number of halogens is 4. The number of rotatable bonds is 5. The van der Waals surface area contributed by atoms with Crippen molar-refractivity contribution in [2.75, 3.05) is 18.5 Å². The lowest BCUT2D eigenvalue weighted by Crippen LogP contribution is -2.19. The molecule has 1 rings (SSSR count). The molecule has 0 aliphatic heterocycles. The molecule has 1 N–H and O–H groups in total. The maximum atomic E-state index is 11.6. The van der Waals surface area contributed by atoms with Crippen molar-refractivity contribution in [1.82, 2.24) is 0 Å². The largest absolute Gasteiger partial charge is 0.522 e. The number of nitrogens with one attached hydrogen (secondary N) is 1. The van der Waals surface area contributed by atoms with Crippen molar-refractivity contribution in [1.29, 1.82) is 0 Å². The van der Waals surface area contributed by atoms with Gasteiger partial charge in [-0.3, -0.25) is 4.74 Å². The molecule has 0 fully saturated rings. The Morgan fingerprint density at radius 2 is 2.06 bits per heavy atom. The Morgan fingerprint density at radius 1 is 1.31 bits per heavy atom. The van der Waals surface area contributed by atoms with E-state index in [-0.39, 0.29) is 6.54 Å². The van der Waals surface area contributed by atoms with Gasteiger partial charge in [0.05, 0.1) is 6.61 Å². The minimum absolute atomic E-state index is 0.0885. The molecule has 0 aromatic heterocycles. The van der Waals surface area contributed by atoms with Gasteiger partial charge in [-0.25, -0.2) is 0 Å². The molecule has 0 saturated carbocycles. The molecular weight excluding hydrogens is 243 g/mol. The van der Waals surface area contributed by atoms with Crippen molar-refractivity contribution in [2.45, 2.75) is 12.2 Å². The van der Waals surface area contributed by atoms with E-state index in [1.807, 2.05) is 6.07 Å². The predicted octanol–water partition coefficient (Wildman–Crippen LogP) is 3.37. The average molecular weight is 254 g/mol. The van der Waals surface area contributed by atoms with Gasteiger partial charge in [-0.15, -0.1) is 24.8 Å². The van der Waals surface area contributed by atoms with E-state index in [2.05, 4.69) is 10.1 Å². The topological polar surface area (TPSA) is 21.3 Å². The van der Waals surface area contributed by atoms with Gasteiger partial charge in [0.1, 0.15) is 0 Å². The molecule has 6 heteroatoms. The van der Waals surface area contributed by atoms with E-state index in [1.165, 1.54) is 0 Å². The molecule has 1 aromatic carbocycles. The Morgan fingerprint density at radius 3 is 2.69 bits per heavy atom. The molecule has 1 aromatic rings. The van der Waals surface area contributed by atoms with Crippen molar-refractivity contribution >= 4 is 17.3 Å². The highest BCUT2D eigenvalue weighted by atomic mass is 35.5. The van der Waals surface area contributed by atoms with Gasteiger partial charge in [-0.05, 0) is 17.7 Å². The molecule has 90 valence electrons. The molecule has 2 nitrogen and oxygen atoms in total. The molecule has 0 radical (unpaired) electrons. The number of alkyl halides is 4. The Hall–Kier alpha value is -0.940. The van der Waals surface area contributed by atoms with Gasteiger partial charge in [0.15, 0.2) is 0 Å². The third-order valence-corrected chi connectivity index (χ3v) is 2.09. The van der Waals surface area contributed by atoms with Crippen LogP contribution < -0.4 is 5.32 Å². The summed E-state index contributed by atoms with van der Waals surface area (Å²) in [5.74, 6) is 0.370. The van der Waals surface area contributed by atoms with Gasteiger partial charge in [0.2, 0.25) is 0 Å². The van der Waals surface area contributed by atoms with E-state index in [1.54, 1.807) is 18.2 Å². The Kier molecular flexibility index (Phi) is 4.89. The normalized spacial score (nSPS) is 11.5. The number of ether oxygens (including phenoxy) is 1. The molecule has 0 unspecified atom stereocenters. The molecule has 0 atom stereocenters. The number of hydrogen-bond donors (Lipinski definition) is 1. The first-order valence-electron chi connectivity index (χ1n) is 4.61. The third-order valence-electron chi connectivity index (χ3n) is 1.78. The lowest BCUT2D eigenvalue weighted by atomic mass is 10.2. The van der Waals surface area contributed by atoms with Crippen LogP contribution in [0.1, 0.15) is 5.56 Å². The van der Waals surface area contributed by atoms with Gasteiger partial charge in [0, 0.05) is 18.1 Å². The van der Waals surface area contributed by atoms with E-state index >= 15 is 0 Å². The van der Waals surface area contributed by atoms with Crippen molar-refractivity contribution in [3.8, 4) is 0 Å². The zero-order valence-corrected chi connectivity index (χ0v) is 9.11. The summed E-state index contributed by atoms with van der Waals surface area (Å²) in [4.78, 5) is 0. The number of hydrogen-bond acceptors (Lipinski definition) is 2. The van der Waals surface area contributed by atoms with Crippen molar-refractivity contribution in [3.05, 3.63) is 29.8 Å². The van der Waals surface area contributed by atoms with Crippen molar-refractivity contribution < 1.29 is 17.9 Å². The summed E-state index contributed by atoms with van der Waals surface area (Å²) in [5.41, 5.74) is 1.63. The van der Waals surface area contributed by atoms with Crippen LogP contribution in [-0.4, -0.2) is 19.5 Å². The van der Waals surface area contributed by atoms with E-state index in [0.717, 1.165) is 11.3 Å². The second-order valence-electron chi connectivity index (χ2n) is 3.05. The molecule has 0 aliphatic carbocycles. The minimum Gasteiger partial charge on any atom is -0.383 e. The molecule has 0 heterocycles. The van der Waals surface area contributed by atoms with Gasteiger partial charge in [-0.1, -0.05) is 12.1 Å². The molecule has 0 bridgehead atoms. The molecular formula is C10H11ClF3NO. The highest BCUT2D eigenvalue weighted by Gasteiger charge is 2.28. The van der Waals surface area contributed by atoms with Gasteiger partial charge >= 0.3 is 6.36 Å².